The van der Waals surface area contributed by atoms with Gasteiger partial charge >= 0.3 is 0 Å². The van der Waals surface area contributed by atoms with Crippen LogP contribution in [0.25, 0.3) is 0 Å². The lowest BCUT2D eigenvalue weighted by molar-refractivity contribution is 0.322. The molecule has 20 heavy (non-hydrogen) atoms. The minimum atomic E-state index is 0.382. The fraction of sp³-hybridized carbons (Fsp3) is 0.471. The first-order chi connectivity index (χ1) is 9.83. The number of rotatable bonds is 4. The van der Waals surface area contributed by atoms with Crippen LogP contribution in [0, 0.1) is 0 Å². The molecule has 2 aromatic rings. The van der Waals surface area contributed by atoms with Crippen molar-refractivity contribution < 1.29 is 0 Å². The van der Waals surface area contributed by atoms with Crippen LogP contribution < -0.4 is 5.32 Å². The number of nitrogens with one attached hydrogen (secondary N) is 2. The molecular weight excluding hydrogens is 246 g/mol. The molecule has 0 aliphatic heterocycles. The van der Waals surface area contributed by atoms with Gasteiger partial charge in [-0.15, -0.1) is 0 Å². The molecule has 0 spiro atoms. The zero-order valence-corrected chi connectivity index (χ0v) is 12.0. The quantitative estimate of drug-likeness (QED) is 0.886. The average molecular weight is 269 g/mol. The van der Waals surface area contributed by atoms with Gasteiger partial charge in [-0.25, -0.2) is 0 Å². The van der Waals surface area contributed by atoms with Crippen molar-refractivity contribution in [3.05, 3.63) is 53.9 Å². The maximum atomic E-state index is 4.02. The molecule has 3 heteroatoms. The highest BCUT2D eigenvalue weighted by molar-refractivity contribution is 5.20. The van der Waals surface area contributed by atoms with E-state index in [0.717, 1.165) is 5.92 Å². The fourth-order valence-electron chi connectivity index (χ4n) is 3.27. The first kappa shape index (κ1) is 13.4. The monoisotopic (exact) mass is 269 g/mol. The van der Waals surface area contributed by atoms with Gasteiger partial charge in [-0.2, -0.15) is 5.10 Å². The van der Waals surface area contributed by atoms with Gasteiger partial charge in [-0.1, -0.05) is 30.3 Å². The molecule has 106 valence electrons. The zero-order chi connectivity index (χ0) is 13.8. The van der Waals surface area contributed by atoms with E-state index in [2.05, 4.69) is 52.8 Å². The van der Waals surface area contributed by atoms with Crippen LogP contribution in [0.2, 0.25) is 0 Å². The zero-order valence-electron chi connectivity index (χ0n) is 12.0. The second-order valence-corrected chi connectivity index (χ2v) is 5.88. The molecule has 0 radical (unpaired) electrons. The SMILES string of the molecule is CC(NC1CCC(c2ccccc2)CC1)c1cn[nH]c1. The lowest BCUT2D eigenvalue weighted by Crippen LogP contribution is -2.34. The molecule has 1 aromatic heterocycles. The number of H-pyrrole nitrogens is 1. The Kier molecular flexibility index (Phi) is 4.16. The number of aromatic nitrogens is 2. The molecule has 1 aromatic carbocycles. The molecule has 1 aliphatic carbocycles. The van der Waals surface area contributed by atoms with Crippen LogP contribution in [-0.2, 0) is 0 Å². The Bertz CT molecular complexity index is 498. The maximum Gasteiger partial charge on any atom is 0.0534 e. The predicted octanol–water partition coefficient (Wildman–Crippen LogP) is 3.79. The van der Waals surface area contributed by atoms with Crippen molar-refractivity contribution in [3.63, 3.8) is 0 Å². The second-order valence-electron chi connectivity index (χ2n) is 5.88. The third kappa shape index (κ3) is 3.10. The van der Waals surface area contributed by atoms with Gasteiger partial charge in [0, 0.05) is 23.8 Å². The smallest absolute Gasteiger partial charge is 0.0534 e. The molecule has 1 atom stereocenters. The lowest BCUT2D eigenvalue weighted by atomic mass is 9.81. The summed E-state index contributed by atoms with van der Waals surface area (Å²) < 4.78 is 0. The van der Waals surface area contributed by atoms with Crippen LogP contribution in [0.5, 0.6) is 0 Å². The summed E-state index contributed by atoms with van der Waals surface area (Å²) in [5.74, 6) is 0.749. The third-order valence-corrected chi connectivity index (χ3v) is 4.50. The number of hydrogen-bond donors (Lipinski definition) is 2. The highest BCUT2D eigenvalue weighted by atomic mass is 15.1. The molecule has 0 saturated heterocycles. The molecule has 1 unspecified atom stereocenters. The second kappa shape index (κ2) is 6.23. The molecule has 1 aliphatic rings. The molecule has 1 fully saturated rings. The van der Waals surface area contributed by atoms with Gasteiger partial charge in [0.2, 0.25) is 0 Å². The summed E-state index contributed by atoms with van der Waals surface area (Å²) in [5, 5.41) is 10.6. The molecule has 1 heterocycles. The summed E-state index contributed by atoms with van der Waals surface area (Å²) in [6.07, 6.45) is 9.00. The molecule has 1 saturated carbocycles. The summed E-state index contributed by atoms with van der Waals surface area (Å²) in [6.45, 7) is 2.22. The number of hydrogen-bond acceptors (Lipinski definition) is 2. The highest BCUT2D eigenvalue weighted by Crippen LogP contribution is 2.33. The first-order valence-electron chi connectivity index (χ1n) is 7.62. The van der Waals surface area contributed by atoms with Crippen molar-refractivity contribution >= 4 is 0 Å². The number of nitrogens with zero attached hydrogens (tertiary/aromatic N) is 1. The van der Waals surface area contributed by atoms with Gasteiger partial charge in [0.15, 0.2) is 0 Å². The van der Waals surface area contributed by atoms with Gasteiger partial charge in [-0.05, 0) is 44.1 Å². The van der Waals surface area contributed by atoms with E-state index in [4.69, 9.17) is 0 Å². The van der Waals surface area contributed by atoms with Gasteiger partial charge in [0.25, 0.3) is 0 Å². The van der Waals surface area contributed by atoms with Crippen LogP contribution in [0.1, 0.15) is 55.7 Å². The van der Waals surface area contributed by atoms with Crippen molar-refractivity contribution in [3.8, 4) is 0 Å². The normalized spacial score (nSPS) is 24.4. The van der Waals surface area contributed by atoms with Gasteiger partial charge < -0.3 is 5.32 Å². The Morgan fingerprint density at radius 1 is 1.15 bits per heavy atom. The van der Waals surface area contributed by atoms with E-state index in [9.17, 15) is 0 Å². The summed E-state index contributed by atoms with van der Waals surface area (Å²) in [4.78, 5) is 0. The van der Waals surface area contributed by atoms with Crippen LogP contribution in [0.15, 0.2) is 42.7 Å². The molecule has 3 rings (SSSR count). The predicted molar refractivity (Wildman–Crippen MR) is 81.6 cm³/mol. The van der Waals surface area contributed by atoms with Crippen molar-refractivity contribution in [1.82, 2.24) is 15.5 Å². The summed E-state index contributed by atoms with van der Waals surface area (Å²) in [6, 6.07) is 12.0. The lowest BCUT2D eigenvalue weighted by Gasteiger charge is -2.31. The van der Waals surface area contributed by atoms with Gasteiger partial charge in [0.1, 0.15) is 0 Å². The van der Waals surface area contributed by atoms with Gasteiger partial charge in [-0.3, -0.25) is 5.10 Å². The Balaban J connectivity index is 1.51. The van der Waals surface area contributed by atoms with Crippen molar-refractivity contribution in [2.75, 3.05) is 0 Å². The summed E-state index contributed by atoms with van der Waals surface area (Å²) in [7, 11) is 0. The summed E-state index contributed by atoms with van der Waals surface area (Å²) >= 11 is 0. The average Bonchev–Trinajstić information content (AvgIpc) is 3.03. The van der Waals surface area contributed by atoms with E-state index >= 15 is 0 Å². The van der Waals surface area contributed by atoms with E-state index in [-0.39, 0.29) is 0 Å². The van der Waals surface area contributed by atoms with Crippen molar-refractivity contribution in [2.24, 2.45) is 0 Å². The van der Waals surface area contributed by atoms with Crippen LogP contribution in [0.4, 0.5) is 0 Å². The van der Waals surface area contributed by atoms with Crippen LogP contribution in [-0.4, -0.2) is 16.2 Å². The Morgan fingerprint density at radius 3 is 2.55 bits per heavy atom. The van der Waals surface area contributed by atoms with Crippen molar-refractivity contribution in [1.29, 1.82) is 0 Å². The Hall–Kier alpha value is -1.61. The largest absolute Gasteiger partial charge is 0.307 e. The van der Waals surface area contributed by atoms with E-state index in [1.807, 2.05) is 12.4 Å². The van der Waals surface area contributed by atoms with E-state index < -0.39 is 0 Å². The molecule has 3 nitrogen and oxygen atoms in total. The van der Waals surface area contributed by atoms with Crippen molar-refractivity contribution in [2.45, 2.75) is 50.6 Å². The van der Waals surface area contributed by atoms with Gasteiger partial charge in [0.05, 0.1) is 6.20 Å². The minimum absolute atomic E-state index is 0.382. The summed E-state index contributed by atoms with van der Waals surface area (Å²) in [5.41, 5.74) is 2.75. The molecule has 0 amide bonds. The number of benzene rings is 1. The minimum Gasteiger partial charge on any atom is -0.307 e. The standard InChI is InChI=1S/C17H23N3/c1-13(16-11-18-19-12-16)20-17-9-7-15(8-10-17)14-5-3-2-4-6-14/h2-6,11-13,15,17,20H,7-10H2,1H3,(H,18,19). The van der Waals surface area contributed by atoms with E-state index in [0.29, 0.717) is 12.1 Å². The van der Waals surface area contributed by atoms with E-state index in [1.54, 1.807) is 0 Å². The maximum absolute atomic E-state index is 4.02. The number of aromatic amines is 1. The highest BCUT2D eigenvalue weighted by Gasteiger charge is 2.23. The molecular formula is C17H23N3. The van der Waals surface area contributed by atoms with Crippen LogP contribution in [0.3, 0.4) is 0 Å². The first-order valence-corrected chi connectivity index (χ1v) is 7.62. The fourth-order valence-corrected chi connectivity index (χ4v) is 3.27. The van der Waals surface area contributed by atoms with Crippen LogP contribution >= 0.6 is 0 Å². The molecule has 0 bridgehead atoms. The molecule has 2 N–H and O–H groups in total. The third-order valence-electron chi connectivity index (χ3n) is 4.50. The Morgan fingerprint density at radius 2 is 1.90 bits per heavy atom. The Labute approximate surface area is 120 Å². The van der Waals surface area contributed by atoms with E-state index in [1.165, 1.54) is 36.8 Å². The topological polar surface area (TPSA) is 40.7 Å².